The lowest BCUT2D eigenvalue weighted by Gasteiger charge is -2.21. The lowest BCUT2D eigenvalue weighted by atomic mass is 10.1. The zero-order valence-electron chi connectivity index (χ0n) is 8.70. The van der Waals surface area contributed by atoms with Gasteiger partial charge in [0.15, 0.2) is 0 Å². The van der Waals surface area contributed by atoms with E-state index in [1.807, 2.05) is 0 Å². The van der Waals surface area contributed by atoms with Crippen molar-refractivity contribution in [2.45, 2.75) is 31.8 Å². The van der Waals surface area contributed by atoms with Crippen molar-refractivity contribution in [3.05, 3.63) is 20.7 Å². The van der Waals surface area contributed by atoms with Crippen LogP contribution in [0, 0.1) is 0 Å². The van der Waals surface area contributed by atoms with E-state index in [1.54, 1.807) is 0 Å². The molecule has 0 aromatic carbocycles. The molecule has 1 atom stereocenters. The number of ether oxygens (including phenoxy) is 1. The molecule has 0 amide bonds. The quantitative estimate of drug-likeness (QED) is 0.861. The SMILES string of the molecule is O=c1[nH]c(CC2CCCCO2)nc(O)c1Br. The molecule has 0 saturated carbocycles. The number of hydrogen-bond acceptors (Lipinski definition) is 4. The summed E-state index contributed by atoms with van der Waals surface area (Å²) < 4.78 is 5.61. The molecule has 1 aromatic heterocycles. The molecular weight excluding hydrogens is 276 g/mol. The molecule has 0 bridgehead atoms. The molecule has 1 fully saturated rings. The van der Waals surface area contributed by atoms with Crippen molar-refractivity contribution in [2.75, 3.05) is 6.61 Å². The molecule has 1 aromatic rings. The zero-order chi connectivity index (χ0) is 11.5. The van der Waals surface area contributed by atoms with Crippen LogP contribution in [0.15, 0.2) is 9.27 Å². The van der Waals surface area contributed by atoms with E-state index >= 15 is 0 Å². The highest BCUT2D eigenvalue weighted by molar-refractivity contribution is 9.10. The molecule has 2 N–H and O–H groups in total. The third-order valence-corrected chi connectivity index (χ3v) is 3.30. The Hall–Kier alpha value is -0.880. The molecule has 2 rings (SSSR count). The van der Waals surface area contributed by atoms with Crippen LogP contribution in [-0.4, -0.2) is 27.8 Å². The fourth-order valence-electron chi connectivity index (χ4n) is 1.77. The first kappa shape index (κ1) is 11.6. The molecule has 0 radical (unpaired) electrons. The maximum Gasteiger partial charge on any atom is 0.269 e. The molecule has 5 nitrogen and oxygen atoms in total. The minimum Gasteiger partial charge on any atom is -0.492 e. The number of hydrogen-bond donors (Lipinski definition) is 2. The van der Waals surface area contributed by atoms with Gasteiger partial charge in [0.2, 0.25) is 5.88 Å². The van der Waals surface area contributed by atoms with Crippen molar-refractivity contribution in [2.24, 2.45) is 0 Å². The zero-order valence-corrected chi connectivity index (χ0v) is 10.3. The van der Waals surface area contributed by atoms with Gasteiger partial charge in [-0.05, 0) is 35.2 Å². The molecule has 6 heteroatoms. The Labute approximate surface area is 101 Å². The smallest absolute Gasteiger partial charge is 0.269 e. The topological polar surface area (TPSA) is 75.2 Å². The van der Waals surface area contributed by atoms with Gasteiger partial charge in [0.1, 0.15) is 10.3 Å². The van der Waals surface area contributed by atoms with Crippen LogP contribution in [0.2, 0.25) is 0 Å². The van der Waals surface area contributed by atoms with Crippen molar-refractivity contribution >= 4 is 15.9 Å². The van der Waals surface area contributed by atoms with E-state index in [0.29, 0.717) is 12.2 Å². The third-order valence-electron chi connectivity index (χ3n) is 2.59. The van der Waals surface area contributed by atoms with Crippen LogP contribution in [0.25, 0.3) is 0 Å². The van der Waals surface area contributed by atoms with E-state index in [4.69, 9.17) is 4.74 Å². The van der Waals surface area contributed by atoms with Crippen LogP contribution in [0.4, 0.5) is 0 Å². The predicted octanol–water partition coefficient (Wildman–Crippen LogP) is 1.35. The summed E-state index contributed by atoms with van der Waals surface area (Å²) in [4.78, 5) is 17.9. The molecule has 1 aliphatic heterocycles. The Balaban J connectivity index is 2.12. The van der Waals surface area contributed by atoms with Gasteiger partial charge >= 0.3 is 0 Å². The van der Waals surface area contributed by atoms with E-state index in [9.17, 15) is 9.90 Å². The molecule has 0 aliphatic carbocycles. The van der Waals surface area contributed by atoms with Crippen LogP contribution < -0.4 is 5.56 Å². The Morgan fingerprint density at radius 1 is 1.56 bits per heavy atom. The first-order chi connectivity index (χ1) is 7.66. The summed E-state index contributed by atoms with van der Waals surface area (Å²) in [5.41, 5.74) is -0.363. The fraction of sp³-hybridized carbons (Fsp3) is 0.600. The highest BCUT2D eigenvalue weighted by Crippen LogP contribution is 2.18. The molecule has 2 heterocycles. The Bertz CT molecular complexity index is 427. The number of aromatic amines is 1. The molecule has 0 spiro atoms. The van der Waals surface area contributed by atoms with Crippen LogP contribution in [0.1, 0.15) is 25.1 Å². The molecule has 1 unspecified atom stereocenters. The highest BCUT2D eigenvalue weighted by Gasteiger charge is 2.17. The lowest BCUT2D eigenvalue weighted by molar-refractivity contribution is 0.0155. The summed E-state index contributed by atoms with van der Waals surface area (Å²) in [5, 5.41) is 9.39. The first-order valence-corrected chi connectivity index (χ1v) is 6.05. The number of rotatable bonds is 2. The second kappa shape index (κ2) is 4.97. The first-order valence-electron chi connectivity index (χ1n) is 5.26. The van der Waals surface area contributed by atoms with E-state index in [-0.39, 0.29) is 22.0 Å². The standard InChI is InChI=1S/C10H13BrN2O3/c11-8-9(14)12-7(13-10(8)15)5-6-3-1-2-4-16-6/h6H,1-5H2,(H2,12,13,14,15). The maximum absolute atomic E-state index is 11.4. The Morgan fingerprint density at radius 2 is 2.38 bits per heavy atom. The minimum atomic E-state index is -0.363. The molecule has 88 valence electrons. The van der Waals surface area contributed by atoms with E-state index < -0.39 is 0 Å². The molecular formula is C10H13BrN2O3. The number of aromatic hydroxyl groups is 1. The minimum absolute atomic E-state index is 0.0702. The van der Waals surface area contributed by atoms with Crippen LogP contribution in [0.3, 0.4) is 0 Å². The van der Waals surface area contributed by atoms with Crippen LogP contribution >= 0.6 is 15.9 Å². The summed E-state index contributed by atoms with van der Waals surface area (Å²) in [6, 6.07) is 0. The summed E-state index contributed by atoms with van der Waals surface area (Å²) >= 11 is 2.95. The van der Waals surface area contributed by atoms with Gasteiger partial charge in [-0.2, -0.15) is 4.98 Å². The fourth-order valence-corrected chi connectivity index (χ4v) is 1.96. The largest absolute Gasteiger partial charge is 0.492 e. The van der Waals surface area contributed by atoms with Crippen molar-refractivity contribution in [3.63, 3.8) is 0 Å². The van der Waals surface area contributed by atoms with Gasteiger partial charge < -0.3 is 14.8 Å². The third kappa shape index (κ3) is 2.62. The summed E-state index contributed by atoms with van der Waals surface area (Å²) in [6.07, 6.45) is 3.83. The van der Waals surface area contributed by atoms with Crippen LogP contribution in [0.5, 0.6) is 5.88 Å². The highest BCUT2D eigenvalue weighted by atomic mass is 79.9. The predicted molar refractivity (Wildman–Crippen MR) is 61.5 cm³/mol. The van der Waals surface area contributed by atoms with Gasteiger partial charge in [0.05, 0.1) is 6.10 Å². The second-order valence-corrected chi connectivity index (χ2v) is 4.64. The Morgan fingerprint density at radius 3 is 3.00 bits per heavy atom. The lowest BCUT2D eigenvalue weighted by Crippen LogP contribution is -2.24. The van der Waals surface area contributed by atoms with Crippen molar-refractivity contribution in [1.29, 1.82) is 0 Å². The van der Waals surface area contributed by atoms with E-state index in [0.717, 1.165) is 25.9 Å². The maximum atomic E-state index is 11.4. The van der Waals surface area contributed by atoms with Gasteiger partial charge in [-0.1, -0.05) is 0 Å². The van der Waals surface area contributed by atoms with Crippen molar-refractivity contribution in [3.8, 4) is 5.88 Å². The summed E-state index contributed by atoms with van der Waals surface area (Å²) in [6.45, 7) is 0.761. The van der Waals surface area contributed by atoms with Crippen molar-refractivity contribution < 1.29 is 9.84 Å². The number of halogens is 1. The summed E-state index contributed by atoms with van der Waals surface area (Å²) in [7, 11) is 0. The van der Waals surface area contributed by atoms with Gasteiger partial charge in [0.25, 0.3) is 5.56 Å². The van der Waals surface area contributed by atoms with Crippen LogP contribution in [-0.2, 0) is 11.2 Å². The van der Waals surface area contributed by atoms with E-state index in [2.05, 4.69) is 25.9 Å². The van der Waals surface area contributed by atoms with Gasteiger partial charge in [-0.25, -0.2) is 0 Å². The number of nitrogens with zero attached hydrogens (tertiary/aromatic N) is 1. The molecule has 1 aliphatic rings. The van der Waals surface area contributed by atoms with Crippen molar-refractivity contribution in [1.82, 2.24) is 9.97 Å². The molecule has 1 saturated heterocycles. The normalized spacial score (nSPS) is 20.9. The number of aromatic nitrogens is 2. The van der Waals surface area contributed by atoms with E-state index in [1.165, 1.54) is 0 Å². The summed E-state index contributed by atoms with van der Waals surface area (Å²) in [5.74, 6) is 0.201. The van der Waals surface area contributed by atoms with Gasteiger partial charge in [-0.3, -0.25) is 4.79 Å². The molecule has 16 heavy (non-hydrogen) atoms. The number of nitrogens with one attached hydrogen (secondary N) is 1. The second-order valence-electron chi connectivity index (χ2n) is 3.84. The van der Waals surface area contributed by atoms with Gasteiger partial charge in [0, 0.05) is 13.0 Å². The monoisotopic (exact) mass is 288 g/mol. The average molecular weight is 289 g/mol. The average Bonchev–Trinajstić information content (AvgIpc) is 2.27. The van der Waals surface area contributed by atoms with Gasteiger partial charge in [-0.15, -0.1) is 0 Å². The Kier molecular flexibility index (Phi) is 3.60. The number of H-pyrrole nitrogens is 1.